The van der Waals surface area contributed by atoms with Gasteiger partial charge < -0.3 is 25.4 Å². The number of nitrogens with zero attached hydrogens (tertiary/aromatic N) is 1. The first-order valence-electron chi connectivity index (χ1n) is 12.8. The highest BCUT2D eigenvalue weighted by molar-refractivity contribution is 8.00. The van der Waals surface area contributed by atoms with Crippen LogP contribution >= 0.6 is 11.8 Å². The Balaban J connectivity index is 1.81. The van der Waals surface area contributed by atoms with Crippen molar-refractivity contribution < 1.29 is 24.2 Å². The summed E-state index contributed by atoms with van der Waals surface area (Å²) in [6.45, 7) is 10.9. The van der Waals surface area contributed by atoms with Gasteiger partial charge in [0.15, 0.2) is 6.10 Å². The summed E-state index contributed by atoms with van der Waals surface area (Å²) in [7, 11) is 0. The minimum absolute atomic E-state index is 0.208. The summed E-state index contributed by atoms with van der Waals surface area (Å²) in [5.74, 6) is -0.672. The van der Waals surface area contributed by atoms with Crippen molar-refractivity contribution in [1.29, 1.82) is 0 Å². The van der Waals surface area contributed by atoms with Gasteiger partial charge >= 0.3 is 6.09 Å². The number of benzene rings is 2. The molecule has 9 heteroatoms. The molecule has 0 aliphatic carbocycles. The van der Waals surface area contributed by atoms with E-state index in [9.17, 15) is 19.5 Å². The number of rotatable bonds is 8. The molecule has 0 radical (unpaired) electrons. The Morgan fingerprint density at radius 2 is 1.63 bits per heavy atom. The molecule has 4 atom stereocenters. The minimum Gasteiger partial charge on any atom is -0.444 e. The lowest BCUT2D eigenvalue weighted by Crippen LogP contribution is -2.59. The number of amides is 3. The van der Waals surface area contributed by atoms with E-state index in [0.29, 0.717) is 0 Å². The molecule has 2 aromatic carbocycles. The van der Waals surface area contributed by atoms with Gasteiger partial charge in [-0.1, -0.05) is 60.7 Å². The normalized spacial score (nSPS) is 19.2. The molecule has 1 aliphatic rings. The van der Waals surface area contributed by atoms with Gasteiger partial charge in [0, 0.05) is 4.75 Å². The van der Waals surface area contributed by atoms with Gasteiger partial charge in [0.1, 0.15) is 11.6 Å². The predicted octanol–water partition coefficient (Wildman–Crippen LogP) is 4.04. The summed E-state index contributed by atoms with van der Waals surface area (Å²) in [5, 5.41) is 17.0. The van der Waals surface area contributed by atoms with Crippen LogP contribution in [0.3, 0.4) is 0 Å². The molecule has 1 fully saturated rings. The fourth-order valence-corrected chi connectivity index (χ4v) is 5.58. The Hall–Kier alpha value is -3.04. The highest BCUT2D eigenvalue weighted by Crippen LogP contribution is 2.40. The Bertz CT molecular complexity index is 1100. The highest BCUT2D eigenvalue weighted by Gasteiger charge is 2.50. The van der Waals surface area contributed by atoms with E-state index in [4.69, 9.17) is 4.74 Å². The topological polar surface area (TPSA) is 108 Å². The molecule has 3 amide bonds. The Morgan fingerprint density at radius 3 is 2.21 bits per heavy atom. The van der Waals surface area contributed by atoms with Gasteiger partial charge in [-0.3, -0.25) is 9.59 Å². The first-order chi connectivity index (χ1) is 17.8. The van der Waals surface area contributed by atoms with Crippen molar-refractivity contribution >= 4 is 29.7 Å². The van der Waals surface area contributed by atoms with Crippen molar-refractivity contribution in [2.45, 2.75) is 82.5 Å². The second-order valence-electron chi connectivity index (χ2n) is 11.1. The lowest BCUT2D eigenvalue weighted by atomic mass is 9.97. The second-order valence-corrected chi connectivity index (χ2v) is 12.7. The molecule has 1 aliphatic heterocycles. The van der Waals surface area contributed by atoms with E-state index in [2.05, 4.69) is 10.6 Å². The lowest BCUT2D eigenvalue weighted by Gasteiger charge is -2.34. The van der Waals surface area contributed by atoms with Gasteiger partial charge in [-0.15, -0.1) is 11.8 Å². The van der Waals surface area contributed by atoms with Crippen LogP contribution in [-0.4, -0.2) is 62.3 Å². The molecule has 2 aromatic rings. The van der Waals surface area contributed by atoms with Gasteiger partial charge in [-0.05, 0) is 59.1 Å². The summed E-state index contributed by atoms with van der Waals surface area (Å²) in [6.07, 6.45) is -2.11. The third-order valence-electron chi connectivity index (χ3n) is 6.37. The summed E-state index contributed by atoms with van der Waals surface area (Å²) < 4.78 is 4.81. The molecule has 1 heterocycles. The number of hydrogen-bond acceptors (Lipinski definition) is 6. The van der Waals surface area contributed by atoms with Crippen LogP contribution in [0.5, 0.6) is 0 Å². The van der Waals surface area contributed by atoms with Crippen LogP contribution in [0.1, 0.15) is 58.7 Å². The maximum atomic E-state index is 13.7. The van der Waals surface area contributed by atoms with Crippen molar-refractivity contribution in [2.75, 3.05) is 5.88 Å². The number of thioether (sulfide) groups is 1. The lowest BCUT2D eigenvalue weighted by molar-refractivity contribution is -0.147. The number of hydrogen-bond donors (Lipinski definition) is 3. The molecule has 38 heavy (non-hydrogen) atoms. The first kappa shape index (κ1) is 29.5. The third kappa shape index (κ3) is 7.74. The molecule has 0 aromatic heterocycles. The number of carbonyl (C=O) groups excluding carboxylic acids is 3. The summed E-state index contributed by atoms with van der Waals surface area (Å²) in [4.78, 5) is 41.2. The molecule has 0 saturated carbocycles. The number of nitrogens with one attached hydrogen (secondary N) is 2. The Labute approximate surface area is 229 Å². The molecule has 1 saturated heterocycles. The predicted molar refractivity (Wildman–Crippen MR) is 149 cm³/mol. The minimum atomic E-state index is -1.58. The van der Waals surface area contributed by atoms with Crippen LogP contribution in [0.25, 0.3) is 0 Å². The molecule has 8 nitrogen and oxygen atoms in total. The molecule has 206 valence electrons. The van der Waals surface area contributed by atoms with Crippen molar-refractivity contribution in [3.05, 3.63) is 71.8 Å². The average Bonchev–Trinajstić information content (AvgIpc) is 3.17. The Morgan fingerprint density at radius 1 is 1.05 bits per heavy atom. The molecular formula is C29H39N3O5S. The Kier molecular flexibility index (Phi) is 9.49. The largest absolute Gasteiger partial charge is 0.444 e. The van der Waals surface area contributed by atoms with Gasteiger partial charge in [0.2, 0.25) is 5.91 Å². The summed E-state index contributed by atoms with van der Waals surface area (Å²) in [6, 6.07) is 16.8. The van der Waals surface area contributed by atoms with Crippen LogP contribution in [0.15, 0.2) is 60.7 Å². The number of aliphatic hydroxyl groups excluding tert-OH is 1. The molecule has 0 unspecified atom stereocenters. The van der Waals surface area contributed by atoms with Crippen molar-refractivity contribution in [1.82, 2.24) is 15.5 Å². The fourth-order valence-electron chi connectivity index (χ4n) is 4.44. The number of alkyl carbamates (subject to hydrolysis) is 1. The number of aliphatic hydroxyl groups is 1. The van der Waals surface area contributed by atoms with E-state index in [1.165, 1.54) is 16.7 Å². The zero-order chi connectivity index (χ0) is 28.1. The SMILES string of the molecule is C[C@@H](NC(=O)[C@H]1N(C(=O)[C@@H](O)[C@H](Cc2ccccc2)NC(=O)OC(C)(C)C)CSC1(C)C)c1ccccc1. The van der Waals surface area contributed by atoms with Crippen LogP contribution in [-0.2, 0) is 20.7 Å². The van der Waals surface area contributed by atoms with Crippen LogP contribution < -0.4 is 10.6 Å². The van der Waals surface area contributed by atoms with Gasteiger partial charge in [0.25, 0.3) is 5.91 Å². The number of ether oxygens (including phenoxy) is 1. The van der Waals surface area contributed by atoms with E-state index in [0.717, 1.165) is 11.1 Å². The fraction of sp³-hybridized carbons (Fsp3) is 0.483. The van der Waals surface area contributed by atoms with E-state index < -0.39 is 40.5 Å². The maximum Gasteiger partial charge on any atom is 0.407 e. The average molecular weight is 542 g/mol. The summed E-state index contributed by atoms with van der Waals surface area (Å²) in [5.41, 5.74) is 1.04. The number of carbonyl (C=O) groups is 3. The quantitative estimate of drug-likeness (QED) is 0.466. The zero-order valence-electron chi connectivity index (χ0n) is 22.9. The molecule has 0 bridgehead atoms. The third-order valence-corrected chi connectivity index (χ3v) is 7.74. The van der Waals surface area contributed by atoms with Crippen LogP contribution in [0.4, 0.5) is 4.79 Å². The van der Waals surface area contributed by atoms with Crippen molar-refractivity contribution in [3.8, 4) is 0 Å². The summed E-state index contributed by atoms with van der Waals surface area (Å²) >= 11 is 1.47. The van der Waals surface area contributed by atoms with Gasteiger partial charge in [-0.25, -0.2) is 4.79 Å². The van der Waals surface area contributed by atoms with Crippen LogP contribution in [0.2, 0.25) is 0 Å². The van der Waals surface area contributed by atoms with Crippen molar-refractivity contribution in [3.63, 3.8) is 0 Å². The van der Waals surface area contributed by atoms with Gasteiger partial charge in [0.05, 0.1) is 18.0 Å². The van der Waals surface area contributed by atoms with Crippen molar-refractivity contribution in [2.24, 2.45) is 0 Å². The maximum absolute atomic E-state index is 13.7. The van der Waals surface area contributed by atoms with E-state index >= 15 is 0 Å². The highest BCUT2D eigenvalue weighted by atomic mass is 32.2. The van der Waals surface area contributed by atoms with E-state index in [-0.39, 0.29) is 24.2 Å². The zero-order valence-corrected chi connectivity index (χ0v) is 23.7. The molecule has 0 spiro atoms. The first-order valence-corrected chi connectivity index (χ1v) is 13.8. The van der Waals surface area contributed by atoms with Gasteiger partial charge in [-0.2, -0.15) is 0 Å². The van der Waals surface area contributed by atoms with E-state index in [1.54, 1.807) is 20.8 Å². The molecule has 3 rings (SSSR count). The standard InChI is InChI=1S/C29H39N3O5S/c1-19(21-15-11-8-12-16-21)30-25(34)24-29(5,6)38-18-32(24)26(35)23(33)22(17-20-13-9-7-10-14-20)31-27(36)37-28(2,3)4/h7-16,19,22-24,33H,17-18H2,1-6H3,(H,30,34)(H,31,36)/t19-,22+,23+,24-/m1/s1. The van der Waals surface area contributed by atoms with E-state index in [1.807, 2.05) is 81.4 Å². The molecular weight excluding hydrogens is 502 g/mol. The molecule has 3 N–H and O–H groups in total. The second kappa shape index (κ2) is 12.2. The monoisotopic (exact) mass is 541 g/mol. The van der Waals surface area contributed by atoms with Crippen LogP contribution in [0, 0.1) is 0 Å². The smallest absolute Gasteiger partial charge is 0.407 e.